The quantitative estimate of drug-likeness (QED) is 0.559. The maximum atomic E-state index is 12.3. The lowest BCUT2D eigenvalue weighted by Crippen LogP contribution is -2.29. The van der Waals surface area contributed by atoms with Gasteiger partial charge in [-0.2, -0.15) is 11.3 Å². The molecule has 0 aliphatic rings. The van der Waals surface area contributed by atoms with Crippen LogP contribution in [0.15, 0.2) is 53.2 Å². The summed E-state index contributed by atoms with van der Waals surface area (Å²) in [5.41, 5.74) is 2.43. The van der Waals surface area contributed by atoms with E-state index in [2.05, 4.69) is 5.38 Å². The fourth-order valence-electron chi connectivity index (χ4n) is 2.13. The van der Waals surface area contributed by atoms with Gasteiger partial charge in [-0.15, -0.1) is 11.3 Å². The van der Waals surface area contributed by atoms with Gasteiger partial charge in [-0.1, -0.05) is 24.3 Å². The third kappa shape index (κ3) is 3.36. The molecule has 0 spiro atoms. The van der Waals surface area contributed by atoms with E-state index in [1.807, 2.05) is 23.6 Å². The summed E-state index contributed by atoms with van der Waals surface area (Å²) in [5, 5.41) is 22.2. The molecular formula is C16H13BO3S2. The zero-order chi connectivity index (χ0) is 15.5. The second-order valence-electron chi connectivity index (χ2n) is 4.89. The zero-order valence-corrected chi connectivity index (χ0v) is 13.2. The molecular weight excluding hydrogens is 315 g/mol. The van der Waals surface area contributed by atoms with Gasteiger partial charge in [-0.25, -0.2) is 0 Å². The summed E-state index contributed by atoms with van der Waals surface area (Å²) in [6.07, 6.45) is 0.311. The van der Waals surface area contributed by atoms with Crippen molar-refractivity contribution in [3.05, 3.63) is 63.7 Å². The maximum Gasteiger partial charge on any atom is 0.488 e. The molecule has 2 heterocycles. The highest BCUT2D eigenvalue weighted by molar-refractivity contribution is 7.17. The third-order valence-corrected chi connectivity index (χ3v) is 5.19. The van der Waals surface area contributed by atoms with Crippen LogP contribution in [0.25, 0.3) is 10.4 Å². The molecule has 0 saturated carbocycles. The van der Waals surface area contributed by atoms with Crippen LogP contribution in [0.2, 0.25) is 0 Å². The molecule has 0 aliphatic heterocycles. The summed E-state index contributed by atoms with van der Waals surface area (Å²) in [7, 11) is -1.48. The molecule has 0 fully saturated rings. The highest BCUT2D eigenvalue weighted by Gasteiger charge is 2.13. The van der Waals surface area contributed by atoms with Crippen molar-refractivity contribution in [2.24, 2.45) is 0 Å². The molecule has 0 saturated heterocycles. The summed E-state index contributed by atoms with van der Waals surface area (Å²) in [6.45, 7) is 0. The van der Waals surface area contributed by atoms with Crippen molar-refractivity contribution >= 4 is 41.0 Å². The van der Waals surface area contributed by atoms with Gasteiger partial charge in [0.2, 0.25) is 0 Å². The second kappa shape index (κ2) is 6.58. The van der Waals surface area contributed by atoms with E-state index in [0.29, 0.717) is 11.9 Å². The van der Waals surface area contributed by atoms with Crippen molar-refractivity contribution < 1.29 is 14.8 Å². The van der Waals surface area contributed by atoms with Gasteiger partial charge in [-0.3, -0.25) is 4.79 Å². The molecule has 3 nitrogen and oxygen atoms in total. The van der Waals surface area contributed by atoms with E-state index in [1.54, 1.807) is 35.6 Å². The molecule has 0 unspecified atom stereocenters. The highest BCUT2D eigenvalue weighted by Crippen LogP contribution is 2.30. The zero-order valence-electron chi connectivity index (χ0n) is 11.6. The lowest BCUT2D eigenvalue weighted by molar-refractivity contribution is 0.0997. The van der Waals surface area contributed by atoms with Gasteiger partial charge < -0.3 is 10.0 Å². The maximum absolute atomic E-state index is 12.3. The van der Waals surface area contributed by atoms with Crippen molar-refractivity contribution in [1.82, 2.24) is 0 Å². The van der Waals surface area contributed by atoms with E-state index in [0.717, 1.165) is 20.9 Å². The minimum absolute atomic E-state index is 0.0729. The Morgan fingerprint density at radius 2 is 1.82 bits per heavy atom. The first-order chi connectivity index (χ1) is 10.6. The van der Waals surface area contributed by atoms with E-state index >= 15 is 0 Å². The molecule has 3 aromatic rings. The Morgan fingerprint density at radius 1 is 1.05 bits per heavy atom. The molecule has 22 heavy (non-hydrogen) atoms. The Bertz CT molecular complexity index is 761. The van der Waals surface area contributed by atoms with Gasteiger partial charge in [0, 0.05) is 16.9 Å². The SMILES string of the molecule is O=C(Cc1ccc(B(O)O)cc1)c1ccc(-c2ccsc2)s1. The highest BCUT2D eigenvalue weighted by atomic mass is 32.1. The van der Waals surface area contributed by atoms with Crippen molar-refractivity contribution in [1.29, 1.82) is 0 Å². The van der Waals surface area contributed by atoms with Gasteiger partial charge in [0.25, 0.3) is 0 Å². The van der Waals surface area contributed by atoms with Crippen molar-refractivity contribution in [3.8, 4) is 10.4 Å². The van der Waals surface area contributed by atoms with Gasteiger partial charge in [0.15, 0.2) is 5.78 Å². The standard InChI is InChI=1S/C16H13BO3S2/c18-14(9-11-1-3-13(4-2-11)17(19)20)16-6-5-15(22-16)12-7-8-21-10-12/h1-8,10,19-20H,9H2. The van der Waals surface area contributed by atoms with Crippen LogP contribution in [0.4, 0.5) is 0 Å². The number of hydrogen-bond acceptors (Lipinski definition) is 5. The Labute approximate surface area is 136 Å². The fraction of sp³-hybridized carbons (Fsp3) is 0.0625. The van der Waals surface area contributed by atoms with Crippen molar-refractivity contribution in [2.75, 3.05) is 0 Å². The molecule has 2 aromatic heterocycles. The molecule has 0 atom stereocenters. The van der Waals surface area contributed by atoms with E-state index in [9.17, 15) is 4.79 Å². The van der Waals surface area contributed by atoms with Crippen molar-refractivity contribution in [3.63, 3.8) is 0 Å². The van der Waals surface area contributed by atoms with Crippen LogP contribution in [0.1, 0.15) is 15.2 Å². The first kappa shape index (κ1) is 15.2. The molecule has 0 amide bonds. The molecule has 0 bridgehead atoms. The summed E-state index contributed by atoms with van der Waals surface area (Å²) in [6, 6.07) is 12.6. The van der Waals surface area contributed by atoms with Crippen LogP contribution >= 0.6 is 22.7 Å². The van der Waals surface area contributed by atoms with E-state index in [4.69, 9.17) is 10.0 Å². The summed E-state index contributed by atoms with van der Waals surface area (Å²) in [4.78, 5) is 14.2. The van der Waals surface area contributed by atoms with Gasteiger partial charge in [0.1, 0.15) is 0 Å². The summed E-state index contributed by atoms with van der Waals surface area (Å²) < 4.78 is 0. The average Bonchev–Trinajstić information content (AvgIpc) is 3.19. The second-order valence-corrected chi connectivity index (χ2v) is 6.75. The predicted octanol–water partition coefficient (Wildman–Crippen LogP) is 2.58. The average molecular weight is 328 g/mol. The molecule has 110 valence electrons. The Morgan fingerprint density at radius 3 is 2.45 bits per heavy atom. The van der Waals surface area contributed by atoms with Crippen LogP contribution in [-0.2, 0) is 6.42 Å². The number of rotatable bonds is 5. The fourth-order valence-corrected chi connectivity index (χ4v) is 3.80. The Hall–Kier alpha value is -1.73. The van der Waals surface area contributed by atoms with E-state index < -0.39 is 7.12 Å². The molecule has 0 aliphatic carbocycles. The largest absolute Gasteiger partial charge is 0.488 e. The van der Waals surface area contributed by atoms with Crippen molar-refractivity contribution in [2.45, 2.75) is 6.42 Å². The Balaban J connectivity index is 1.72. The lowest BCUT2D eigenvalue weighted by atomic mass is 9.80. The monoisotopic (exact) mass is 328 g/mol. The van der Waals surface area contributed by atoms with Crippen LogP contribution < -0.4 is 5.46 Å². The molecule has 3 rings (SSSR count). The predicted molar refractivity (Wildman–Crippen MR) is 91.9 cm³/mol. The van der Waals surface area contributed by atoms with Crippen LogP contribution in [0.5, 0.6) is 0 Å². The number of hydrogen-bond donors (Lipinski definition) is 2. The summed E-state index contributed by atoms with van der Waals surface area (Å²) in [5.74, 6) is 0.0729. The van der Waals surface area contributed by atoms with E-state index in [1.165, 1.54) is 11.3 Å². The Kier molecular flexibility index (Phi) is 4.54. The minimum atomic E-state index is -1.48. The number of ketones is 1. The molecule has 0 radical (unpaired) electrons. The number of benzene rings is 1. The summed E-state index contributed by atoms with van der Waals surface area (Å²) >= 11 is 3.14. The van der Waals surface area contributed by atoms with Crippen LogP contribution in [0.3, 0.4) is 0 Å². The lowest BCUT2D eigenvalue weighted by Gasteiger charge is -2.02. The number of Topliss-reactive ketones (excluding diaryl/α,β-unsaturated/α-hetero) is 1. The van der Waals surface area contributed by atoms with E-state index in [-0.39, 0.29) is 5.78 Å². The number of carbonyl (C=O) groups is 1. The van der Waals surface area contributed by atoms with Gasteiger partial charge in [0.05, 0.1) is 4.88 Å². The van der Waals surface area contributed by atoms with Crippen LogP contribution in [0, 0.1) is 0 Å². The normalized spacial score (nSPS) is 10.6. The molecule has 1 aromatic carbocycles. The number of thiophene rings is 2. The minimum Gasteiger partial charge on any atom is -0.423 e. The van der Waals surface area contributed by atoms with Gasteiger partial charge in [-0.05, 0) is 40.0 Å². The van der Waals surface area contributed by atoms with Gasteiger partial charge >= 0.3 is 7.12 Å². The van der Waals surface area contributed by atoms with Crippen LogP contribution in [-0.4, -0.2) is 22.9 Å². The third-order valence-electron chi connectivity index (χ3n) is 3.33. The molecule has 2 N–H and O–H groups in total. The first-order valence-electron chi connectivity index (χ1n) is 6.74. The number of carbonyl (C=O) groups excluding carboxylic acids is 1. The first-order valence-corrected chi connectivity index (χ1v) is 8.50. The topological polar surface area (TPSA) is 57.5 Å². The molecule has 6 heteroatoms. The smallest absolute Gasteiger partial charge is 0.423 e.